The third kappa shape index (κ3) is 4.93. The number of carbonyl (C=O) groups is 1. The van der Waals surface area contributed by atoms with Gasteiger partial charge in [-0.05, 0) is 44.4 Å². The van der Waals surface area contributed by atoms with Crippen molar-refractivity contribution in [3.8, 4) is 11.5 Å². The number of nitrogens with zero attached hydrogens (tertiary/aromatic N) is 1. The van der Waals surface area contributed by atoms with Crippen LogP contribution in [-0.2, 0) is 0 Å². The summed E-state index contributed by atoms with van der Waals surface area (Å²) in [4.78, 5) is 14.3. The van der Waals surface area contributed by atoms with Crippen molar-refractivity contribution < 1.29 is 14.3 Å². The zero-order chi connectivity index (χ0) is 16.5. The van der Waals surface area contributed by atoms with Gasteiger partial charge in [-0.1, -0.05) is 20.8 Å². The Balaban J connectivity index is 2.98. The Kier molecular flexibility index (Phi) is 7.78. The summed E-state index contributed by atoms with van der Waals surface area (Å²) < 4.78 is 11.4. The Morgan fingerprint density at radius 1 is 1.09 bits per heavy atom. The Morgan fingerprint density at radius 3 is 2.23 bits per heavy atom. The van der Waals surface area contributed by atoms with Crippen LogP contribution in [0.3, 0.4) is 0 Å². The maximum Gasteiger partial charge on any atom is 0.253 e. The lowest BCUT2D eigenvalue weighted by Crippen LogP contribution is -2.34. The zero-order valence-electron chi connectivity index (χ0n) is 14.5. The lowest BCUT2D eigenvalue weighted by Gasteiger charge is -2.24. The molecule has 1 amide bonds. The molecule has 0 N–H and O–H groups in total. The largest absolute Gasteiger partial charge is 0.490 e. The van der Waals surface area contributed by atoms with Crippen molar-refractivity contribution in [1.29, 1.82) is 0 Å². The van der Waals surface area contributed by atoms with E-state index in [-0.39, 0.29) is 11.9 Å². The fourth-order valence-electron chi connectivity index (χ4n) is 1.97. The summed E-state index contributed by atoms with van der Waals surface area (Å²) in [5, 5.41) is 0. The Morgan fingerprint density at radius 2 is 1.68 bits per heavy atom. The standard InChI is InChI=1S/C18H29NO3/c1-6-11-21-16-10-9-15(13-17(16)22-12-7-2)18(20)19(5)14(4)8-3/h9-10,13-14H,6-8,11-12H2,1-5H3. The molecule has 0 radical (unpaired) electrons. The van der Waals surface area contributed by atoms with E-state index >= 15 is 0 Å². The number of ether oxygens (including phenoxy) is 2. The molecule has 1 rings (SSSR count). The highest BCUT2D eigenvalue weighted by atomic mass is 16.5. The second-order valence-corrected chi connectivity index (χ2v) is 5.53. The van der Waals surface area contributed by atoms with Crippen LogP contribution < -0.4 is 9.47 Å². The molecule has 124 valence electrons. The molecule has 0 bridgehead atoms. The first kappa shape index (κ1) is 18.3. The first-order chi connectivity index (χ1) is 10.5. The van der Waals surface area contributed by atoms with E-state index < -0.39 is 0 Å². The molecule has 4 nitrogen and oxygen atoms in total. The first-order valence-corrected chi connectivity index (χ1v) is 8.21. The maximum absolute atomic E-state index is 12.5. The summed E-state index contributed by atoms with van der Waals surface area (Å²) >= 11 is 0. The van der Waals surface area contributed by atoms with Gasteiger partial charge in [0.2, 0.25) is 0 Å². The summed E-state index contributed by atoms with van der Waals surface area (Å²) in [6, 6.07) is 5.65. The van der Waals surface area contributed by atoms with Crippen LogP contribution >= 0.6 is 0 Å². The van der Waals surface area contributed by atoms with Crippen LogP contribution in [0.4, 0.5) is 0 Å². The van der Waals surface area contributed by atoms with E-state index in [2.05, 4.69) is 20.8 Å². The summed E-state index contributed by atoms with van der Waals surface area (Å²) in [7, 11) is 1.84. The van der Waals surface area contributed by atoms with Gasteiger partial charge >= 0.3 is 0 Å². The number of amides is 1. The molecule has 0 aliphatic rings. The van der Waals surface area contributed by atoms with Crippen molar-refractivity contribution in [2.24, 2.45) is 0 Å². The van der Waals surface area contributed by atoms with E-state index in [4.69, 9.17) is 9.47 Å². The topological polar surface area (TPSA) is 38.8 Å². The molecule has 1 atom stereocenters. The molecule has 0 heterocycles. The average Bonchev–Trinajstić information content (AvgIpc) is 2.56. The first-order valence-electron chi connectivity index (χ1n) is 8.21. The third-order valence-electron chi connectivity index (χ3n) is 3.69. The molecule has 0 spiro atoms. The van der Waals surface area contributed by atoms with Gasteiger partial charge < -0.3 is 14.4 Å². The molecular weight excluding hydrogens is 278 g/mol. The molecule has 1 unspecified atom stereocenters. The minimum atomic E-state index is 0.0118. The molecule has 1 aromatic carbocycles. The van der Waals surface area contributed by atoms with Gasteiger partial charge in [0.15, 0.2) is 11.5 Å². The van der Waals surface area contributed by atoms with Crippen LogP contribution in [0.2, 0.25) is 0 Å². The molecule has 1 aromatic rings. The second-order valence-electron chi connectivity index (χ2n) is 5.53. The second kappa shape index (κ2) is 9.34. The summed E-state index contributed by atoms with van der Waals surface area (Å²) in [5.74, 6) is 1.37. The highest BCUT2D eigenvalue weighted by molar-refractivity contribution is 5.95. The van der Waals surface area contributed by atoms with Crippen LogP contribution in [-0.4, -0.2) is 37.1 Å². The number of hydrogen-bond donors (Lipinski definition) is 0. The van der Waals surface area contributed by atoms with Crippen molar-refractivity contribution in [3.63, 3.8) is 0 Å². The maximum atomic E-state index is 12.5. The van der Waals surface area contributed by atoms with Crippen molar-refractivity contribution in [1.82, 2.24) is 4.90 Å². The van der Waals surface area contributed by atoms with E-state index in [0.29, 0.717) is 30.3 Å². The number of hydrogen-bond acceptors (Lipinski definition) is 3. The molecule has 0 saturated heterocycles. The summed E-state index contributed by atoms with van der Waals surface area (Å²) in [5.41, 5.74) is 0.637. The van der Waals surface area contributed by atoms with Gasteiger partial charge in [0.1, 0.15) is 0 Å². The van der Waals surface area contributed by atoms with Crippen LogP contribution in [0.15, 0.2) is 18.2 Å². The highest BCUT2D eigenvalue weighted by Gasteiger charge is 2.18. The Hall–Kier alpha value is -1.71. The minimum Gasteiger partial charge on any atom is -0.490 e. The van der Waals surface area contributed by atoms with Gasteiger partial charge in [0, 0.05) is 18.7 Å². The van der Waals surface area contributed by atoms with Gasteiger partial charge in [-0.25, -0.2) is 0 Å². The quantitative estimate of drug-likeness (QED) is 0.688. The SMILES string of the molecule is CCCOc1ccc(C(=O)N(C)C(C)CC)cc1OCCC. The highest BCUT2D eigenvalue weighted by Crippen LogP contribution is 2.29. The fourth-order valence-corrected chi connectivity index (χ4v) is 1.97. The average molecular weight is 307 g/mol. The zero-order valence-corrected chi connectivity index (χ0v) is 14.5. The predicted molar refractivity (Wildman–Crippen MR) is 89.9 cm³/mol. The van der Waals surface area contributed by atoms with Crippen molar-refractivity contribution in [2.75, 3.05) is 20.3 Å². The van der Waals surface area contributed by atoms with E-state index in [9.17, 15) is 4.79 Å². The molecule has 0 saturated carbocycles. The van der Waals surface area contributed by atoms with Gasteiger partial charge in [-0.15, -0.1) is 0 Å². The summed E-state index contributed by atoms with van der Waals surface area (Å²) in [6.45, 7) is 9.49. The van der Waals surface area contributed by atoms with E-state index in [1.165, 1.54) is 0 Å². The van der Waals surface area contributed by atoms with Gasteiger partial charge in [-0.3, -0.25) is 4.79 Å². The van der Waals surface area contributed by atoms with Crippen LogP contribution in [0, 0.1) is 0 Å². The molecule has 22 heavy (non-hydrogen) atoms. The van der Waals surface area contributed by atoms with Crippen molar-refractivity contribution in [2.45, 2.75) is 53.0 Å². The number of benzene rings is 1. The van der Waals surface area contributed by atoms with Crippen molar-refractivity contribution in [3.05, 3.63) is 23.8 Å². The molecule has 0 aromatic heterocycles. The van der Waals surface area contributed by atoms with E-state index in [0.717, 1.165) is 19.3 Å². The monoisotopic (exact) mass is 307 g/mol. The van der Waals surface area contributed by atoms with E-state index in [1.807, 2.05) is 26.1 Å². The third-order valence-corrected chi connectivity index (χ3v) is 3.69. The summed E-state index contributed by atoms with van der Waals surface area (Å²) in [6.07, 6.45) is 2.78. The van der Waals surface area contributed by atoms with Crippen molar-refractivity contribution >= 4 is 5.91 Å². The molecule has 0 aliphatic carbocycles. The van der Waals surface area contributed by atoms with Crippen LogP contribution in [0.1, 0.15) is 57.3 Å². The van der Waals surface area contributed by atoms with Gasteiger partial charge in [0.25, 0.3) is 5.91 Å². The molecule has 0 fully saturated rings. The molecular formula is C18H29NO3. The fraction of sp³-hybridized carbons (Fsp3) is 0.611. The van der Waals surface area contributed by atoms with Crippen LogP contribution in [0.25, 0.3) is 0 Å². The Bertz CT molecular complexity index is 473. The van der Waals surface area contributed by atoms with Gasteiger partial charge in [-0.2, -0.15) is 0 Å². The van der Waals surface area contributed by atoms with Gasteiger partial charge in [0.05, 0.1) is 13.2 Å². The minimum absolute atomic E-state index is 0.0118. The number of carbonyl (C=O) groups excluding carboxylic acids is 1. The predicted octanol–water partition coefficient (Wildman–Crippen LogP) is 4.13. The smallest absolute Gasteiger partial charge is 0.253 e. The Labute approximate surface area is 134 Å². The van der Waals surface area contributed by atoms with Crippen LogP contribution in [0.5, 0.6) is 11.5 Å². The normalized spacial score (nSPS) is 11.9. The lowest BCUT2D eigenvalue weighted by atomic mass is 10.1. The number of rotatable bonds is 9. The molecule has 4 heteroatoms. The molecule has 0 aliphatic heterocycles. The van der Waals surface area contributed by atoms with E-state index in [1.54, 1.807) is 11.0 Å². The lowest BCUT2D eigenvalue weighted by molar-refractivity contribution is 0.0740.